The van der Waals surface area contributed by atoms with Gasteiger partial charge in [0.1, 0.15) is 8.07 Å². The zero-order valence-corrected chi connectivity index (χ0v) is 15.7. The predicted octanol–water partition coefficient (Wildman–Crippen LogP) is 4.75. The maximum absolute atomic E-state index is 6.75. The second kappa shape index (κ2) is 5.41. The Bertz CT molecular complexity index is 457. The van der Waals surface area contributed by atoms with E-state index in [1.165, 1.54) is 17.7 Å². The van der Waals surface area contributed by atoms with Crippen LogP contribution < -0.4 is 0 Å². The van der Waals surface area contributed by atoms with Crippen LogP contribution in [0.2, 0.25) is 38.3 Å². The first kappa shape index (κ1) is 16.0. The van der Waals surface area contributed by atoms with Gasteiger partial charge in [-0.1, -0.05) is 49.5 Å². The molecule has 0 aliphatic carbocycles. The summed E-state index contributed by atoms with van der Waals surface area (Å²) in [5.74, 6) is 0. The fourth-order valence-electron chi connectivity index (χ4n) is 3.05. The van der Waals surface area contributed by atoms with Crippen molar-refractivity contribution in [3.05, 3.63) is 35.9 Å². The van der Waals surface area contributed by atoms with Crippen molar-refractivity contribution in [2.24, 2.45) is 0 Å². The molecular formula is C16H28O2Si2. The SMILES string of the molecule is CC(C)OC1(c2ccccc2)O[Si](C)(C)CC[Si]1(C)C. The van der Waals surface area contributed by atoms with Crippen molar-refractivity contribution in [2.75, 3.05) is 0 Å². The molecule has 4 heteroatoms. The molecule has 0 N–H and O–H groups in total. The fraction of sp³-hybridized carbons (Fsp3) is 0.625. The molecule has 1 heterocycles. The molecule has 1 atom stereocenters. The van der Waals surface area contributed by atoms with Crippen molar-refractivity contribution in [3.8, 4) is 0 Å². The summed E-state index contributed by atoms with van der Waals surface area (Å²) < 4.78 is 13.2. The normalized spacial score (nSPS) is 28.6. The third-order valence-corrected chi connectivity index (χ3v) is 11.0. The van der Waals surface area contributed by atoms with Gasteiger partial charge < -0.3 is 9.16 Å². The average molecular weight is 309 g/mol. The Hall–Kier alpha value is -0.426. The van der Waals surface area contributed by atoms with Gasteiger partial charge in [-0.15, -0.1) is 0 Å². The summed E-state index contributed by atoms with van der Waals surface area (Å²) in [4.78, 5) is 0. The standard InChI is InChI=1S/C16H28O2Si2/c1-14(2)17-16(15-10-8-7-9-11-15)18-20(5,6)13-12-19(16,3)4/h7-11,14H,12-13H2,1-6H3. The van der Waals surface area contributed by atoms with E-state index in [-0.39, 0.29) is 6.10 Å². The van der Waals surface area contributed by atoms with E-state index in [1.807, 2.05) is 0 Å². The minimum absolute atomic E-state index is 0.171. The molecule has 0 bridgehead atoms. The molecule has 0 spiro atoms. The lowest BCUT2D eigenvalue weighted by molar-refractivity contribution is -0.168. The van der Waals surface area contributed by atoms with Gasteiger partial charge >= 0.3 is 0 Å². The van der Waals surface area contributed by atoms with Crippen molar-refractivity contribution in [3.63, 3.8) is 0 Å². The maximum Gasteiger partial charge on any atom is 0.190 e. The lowest BCUT2D eigenvalue weighted by atomic mass is 10.2. The average Bonchev–Trinajstić information content (AvgIpc) is 2.35. The van der Waals surface area contributed by atoms with E-state index in [1.54, 1.807) is 0 Å². The highest BCUT2D eigenvalue weighted by atomic mass is 28.4. The van der Waals surface area contributed by atoms with E-state index >= 15 is 0 Å². The van der Waals surface area contributed by atoms with E-state index in [4.69, 9.17) is 9.16 Å². The number of hydrogen-bond donors (Lipinski definition) is 0. The molecule has 1 aromatic rings. The van der Waals surface area contributed by atoms with Crippen LogP contribution in [0, 0.1) is 0 Å². The highest BCUT2D eigenvalue weighted by molar-refractivity contribution is 6.85. The van der Waals surface area contributed by atoms with Crippen LogP contribution in [0.4, 0.5) is 0 Å². The monoisotopic (exact) mass is 308 g/mol. The molecular weight excluding hydrogens is 280 g/mol. The van der Waals surface area contributed by atoms with Gasteiger partial charge in [0.25, 0.3) is 0 Å². The summed E-state index contributed by atoms with van der Waals surface area (Å²) in [5, 5.41) is 0. The van der Waals surface area contributed by atoms with E-state index in [2.05, 4.69) is 70.4 Å². The molecule has 20 heavy (non-hydrogen) atoms. The molecule has 2 rings (SSSR count). The first-order valence-electron chi connectivity index (χ1n) is 7.62. The largest absolute Gasteiger partial charge is 0.390 e. The Kier molecular flexibility index (Phi) is 4.31. The Balaban J connectivity index is 2.54. The van der Waals surface area contributed by atoms with Crippen LogP contribution in [0.5, 0.6) is 0 Å². The second-order valence-electron chi connectivity index (χ2n) is 7.39. The molecule has 112 valence electrons. The van der Waals surface area contributed by atoms with Crippen LogP contribution in [0.25, 0.3) is 0 Å². The van der Waals surface area contributed by atoms with Crippen molar-refractivity contribution in [1.29, 1.82) is 0 Å². The first-order chi connectivity index (χ1) is 9.19. The molecule has 0 amide bonds. The highest BCUT2D eigenvalue weighted by Crippen LogP contribution is 2.48. The van der Waals surface area contributed by atoms with Gasteiger partial charge in [0, 0.05) is 5.56 Å². The van der Waals surface area contributed by atoms with E-state index in [0.717, 1.165) is 0 Å². The lowest BCUT2D eigenvalue weighted by Crippen LogP contribution is -2.64. The molecule has 1 aromatic carbocycles. The zero-order chi connectivity index (χ0) is 15.0. The fourth-order valence-corrected chi connectivity index (χ4v) is 12.8. The van der Waals surface area contributed by atoms with E-state index < -0.39 is 21.8 Å². The summed E-state index contributed by atoms with van der Waals surface area (Å²) >= 11 is 0. The third kappa shape index (κ3) is 2.93. The summed E-state index contributed by atoms with van der Waals surface area (Å²) in [5.41, 5.74) is 0.738. The molecule has 0 aromatic heterocycles. The van der Waals surface area contributed by atoms with Crippen LogP contribution in [-0.4, -0.2) is 22.5 Å². The highest BCUT2D eigenvalue weighted by Gasteiger charge is 2.57. The smallest absolute Gasteiger partial charge is 0.190 e. The maximum atomic E-state index is 6.75. The van der Waals surface area contributed by atoms with Crippen LogP contribution in [-0.2, 0) is 14.6 Å². The third-order valence-electron chi connectivity index (χ3n) is 4.22. The molecule has 2 nitrogen and oxygen atoms in total. The minimum Gasteiger partial charge on any atom is -0.390 e. The van der Waals surface area contributed by atoms with Crippen molar-refractivity contribution in [1.82, 2.24) is 0 Å². The number of benzene rings is 1. The molecule has 1 unspecified atom stereocenters. The number of hydrogen-bond acceptors (Lipinski definition) is 2. The van der Waals surface area contributed by atoms with Crippen LogP contribution >= 0.6 is 0 Å². The molecule has 1 aliphatic heterocycles. The van der Waals surface area contributed by atoms with Crippen LogP contribution in [0.15, 0.2) is 30.3 Å². The Morgan fingerprint density at radius 1 is 1.05 bits per heavy atom. The predicted molar refractivity (Wildman–Crippen MR) is 90.0 cm³/mol. The number of ether oxygens (including phenoxy) is 1. The second-order valence-corrected chi connectivity index (χ2v) is 16.5. The molecule has 1 aliphatic rings. The van der Waals surface area contributed by atoms with E-state index in [0.29, 0.717) is 0 Å². The summed E-state index contributed by atoms with van der Waals surface area (Å²) in [6, 6.07) is 13.1. The van der Waals surface area contributed by atoms with Gasteiger partial charge in [-0.3, -0.25) is 0 Å². The summed E-state index contributed by atoms with van der Waals surface area (Å²) in [6.07, 6.45) is 0.171. The van der Waals surface area contributed by atoms with E-state index in [9.17, 15) is 0 Å². The summed E-state index contributed by atoms with van der Waals surface area (Å²) in [6.45, 7) is 13.7. The van der Waals surface area contributed by atoms with Crippen molar-refractivity contribution in [2.45, 2.75) is 63.6 Å². The Morgan fingerprint density at radius 2 is 1.65 bits per heavy atom. The molecule has 1 fully saturated rings. The molecule has 0 saturated carbocycles. The Morgan fingerprint density at radius 3 is 2.20 bits per heavy atom. The van der Waals surface area contributed by atoms with Crippen LogP contribution in [0.3, 0.4) is 0 Å². The minimum atomic E-state index is -1.67. The van der Waals surface area contributed by atoms with Gasteiger partial charge in [0.05, 0.1) is 6.10 Å². The zero-order valence-electron chi connectivity index (χ0n) is 13.7. The van der Waals surface area contributed by atoms with Crippen molar-refractivity contribution >= 4 is 16.4 Å². The van der Waals surface area contributed by atoms with Gasteiger partial charge in [0.15, 0.2) is 13.7 Å². The summed E-state index contributed by atoms with van der Waals surface area (Å²) in [7, 11) is -3.33. The Labute approximate surface area is 125 Å². The van der Waals surface area contributed by atoms with Crippen LogP contribution in [0.1, 0.15) is 19.4 Å². The van der Waals surface area contributed by atoms with Gasteiger partial charge in [-0.05, 0) is 33.0 Å². The lowest BCUT2D eigenvalue weighted by Gasteiger charge is -2.54. The first-order valence-corrected chi connectivity index (χ1v) is 13.9. The van der Waals surface area contributed by atoms with Crippen molar-refractivity contribution < 1.29 is 9.16 Å². The van der Waals surface area contributed by atoms with Gasteiger partial charge in [0.2, 0.25) is 0 Å². The van der Waals surface area contributed by atoms with Gasteiger partial charge in [-0.2, -0.15) is 0 Å². The molecule has 0 radical (unpaired) electrons. The quantitative estimate of drug-likeness (QED) is 0.750. The topological polar surface area (TPSA) is 18.5 Å². The van der Waals surface area contributed by atoms with Gasteiger partial charge in [-0.25, -0.2) is 0 Å². The molecule has 1 saturated heterocycles. The number of rotatable bonds is 3.